The molecule has 0 aliphatic carbocycles. The zero-order valence-electron chi connectivity index (χ0n) is 14.3. The van der Waals surface area contributed by atoms with Gasteiger partial charge in [0.15, 0.2) is 11.5 Å². The first-order valence-electron chi connectivity index (χ1n) is 8.43. The van der Waals surface area contributed by atoms with Crippen LogP contribution >= 0.6 is 22.7 Å². The van der Waals surface area contributed by atoms with Crippen LogP contribution in [0.15, 0.2) is 58.3 Å². The molecule has 1 aliphatic heterocycles. The van der Waals surface area contributed by atoms with E-state index in [0.717, 1.165) is 15.1 Å². The number of thiophene rings is 2. The largest absolute Gasteiger partial charge is 0.485 e. The van der Waals surface area contributed by atoms with E-state index < -0.39 is 12.0 Å². The lowest BCUT2D eigenvalue weighted by molar-refractivity contribution is -0.126. The minimum absolute atomic E-state index is 0.0617. The Balaban J connectivity index is 1.44. The standard InChI is InChI=1S/C19H13N3O4S2/c23-17(14-8-25-12-4-1-2-5-13(12)26-14)21-22-10-20-18-16(19(22)24)11(9-28-18)15-6-3-7-27-15/h1-7,9-10,14H,8H2,(H,21,23)/t14-/m1/s1. The maximum absolute atomic E-state index is 13.0. The Hall–Kier alpha value is -3.17. The van der Waals surface area contributed by atoms with Crippen molar-refractivity contribution in [2.24, 2.45) is 0 Å². The van der Waals surface area contributed by atoms with E-state index >= 15 is 0 Å². The van der Waals surface area contributed by atoms with Crippen LogP contribution in [0.5, 0.6) is 11.5 Å². The number of aromatic nitrogens is 2. The lowest BCUT2D eigenvalue weighted by Crippen LogP contribution is -2.45. The van der Waals surface area contributed by atoms with Crippen molar-refractivity contribution in [3.63, 3.8) is 0 Å². The molecule has 1 amide bonds. The van der Waals surface area contributed by atoms with Gasteiger partial charge in [-0.15, -0.1) is 22.7 Å². The zero-order valence-corrected chi connectivity index (χ0v) is 16.0. The van der Waals surface area contributed by atoms with Gasteiger partial charge in [0.25, 0.3) is 11.5 Å². The first-order chi connectivity index (χ1) is 13.7. The van der Waals surface area contributed by atoms with Crippen LogP contribution in [-0.4, -0.2) is 28.3 Å². The monoisotopic (exact) mass is 411 g/mol. The SMILES string of the molecule is O=C(Nn1cnc2scc(-c3cccs3)c2c1=O)[C@H]1COc2ccccc2O1. The van der Waals surface area contributed by atoms with E-state index in [0.29, 0.717) is 21.7 Å². The van der Waals surface area contributed by atoms with Gasteiger partial charge in [-0.1, -0.05) is 18.2 Å². The predicted molar refractivity (Wildman–Crippen MR) is 108 cm³/mol. The highest BCUT2D eigenvalue weighted by atomic mass is 32.1. The Labute approximate surface area is 166 Å². The number of ether oxygens (including phenoxy) is 2. The normalized spacial score (nSPS) is 15.5. The van der Waals surface area contributed by atoms with Crippen LogP contribution in [0, 0.1) is 0 Å². The minimum atomic E-state index is -0.864. The highest BCUT2D eigenvalue weighted by molar-refractivity contribution is 7.18. The molecule has 0 saturated heterocycles. The molecule has 28 heavy (non-hydrogen) atoms. The second-order valence-corrected chi connectivity index (χ2v) is 7.87. The smallest absolute Gasteiger partial charge is 0.283 e. The molecule has 5 rings (SSSR count). The quantitative estimate of drug-likeness (QED) is 0.560. The maximum atomic E-state index is 13.0. The fourth-order valence-corrected chi connectivity index (χ4v) is 4.69. The van der Waals surface area contributed by atoms with Gasteiger partial charge < -0.3 is 9.47 Å². The first-order valence-corrected chi connectivity index (χ1v) is 10.2. The molecule has 9 heteroatoms. The van der Waals surface area contributed by atoms with Gasteiger partial charge in [-0.3, -0.25) is 15.0 Å². The third-order valence-electron chi connectivity index (χ3n) is 4.31. The number of nitrogens with one attached hydrogen (secondary N) is 1. The third kappa shape index (κ3) is 2.85. The summed E-state index contributed by atoms with van der Waals surface area (Å²) in [7, 11) is 0. The van der Waals surface area contributed by atoms with E-state index in [4.69, 9.17) is 9.47 Å². The number of nitrogens with zero attached hydrogens (tertiary/aromatic N) is 2. The Morgan fingerprint density at radius 2 is 2.04 bits per heavy atom. The van der Waals surface area contributed by atoms with Crippen LogP contribution in [-0.2, 0) is 4.79 Å². The molecule has 140 valence electrons. The number of benzene rings is 1. The summed E-state index contributed by atoms with van der Waals surface area (Å²) in [6, 6.07) is 11.0. The van der Waals surface area contributed by atoms with Gasteiger partial charge in [-0.25, -0.2) is 9.66 Å². The summed E-state index contributed by atoms with van der Waals surface area (Å²) in [6.07, 6.45) is 0.450. The fourth-order valence-electron chi connectivity index (χ4n) is 2.96. The van der Waals surface area contributed by atoms with Crippen LogP contribution in [0.25, 0.3) is 20.7 Å². The molecule has 0 unspecified atom stereocenters. The summed E-state index contributed by atoms with van der Waals surface area (Å²) in [5.41, 5.74) is 3.06. The fraction of sp³-hybridized carbons (Fsp3) is 0.105. The van der Waals surface area contributed by atoms with Crippen molar-refractivity contribution >= 4 is 38.8 Å². The van der Waals surface area contributed by atoms with E-state index in [2.05, 4.69) is 10.4 Å². The molecule has 0 saturated carbocycles. The van der Waals surface area contributed by atoms with Gasteiger partial charge in [0.05, 0.1) is 5.39 Å². The van der Waals surface area contributed by atoms with E-state index in [1.54, 1.807) is 29.5 Å². The number of fused-ring (bicyclic) bond motifs is 2. The third-order valence-corrected chi connectivity index (χ3v) is 6.10. The van der Waals surface area contributed by atoms with Gasteiger partial charge in [0.2, 0.25) is 6.10 Å². The van der Waals surface area contributed by atoms with Crippen LogP contribution in [0.3, 0.4) is 0 Å². The van der Waals surface area contributed by atoms with Crippen molar-refractivity contribution in [2.45, 2.75) is 6.10 Å². The highest BCUT2D eigenvalue weighted by Crippen LogP contribution is 2.33. The number of para-hydroxylation sites is 2. The first kappa shape index (κ1) is 17.0. The Bertz CT molecular complexity index is 1230. The summed E-state index contributed by atoms with van der Waals surface area (Å²) >= 11 is 2.95. The molecule has 1 atom stereocenters. The molecule has 1 N–H and O–H groups in total. The second-order valence-electron chi connectivity index (χ2n) is 6.07. The van der Waals surface area contributed by atoms with Gasteiger partial charge in [0, 0.05) is 15.8 Å². The number of carbonyl (C=O) groups excluding carboxylic acids is 1. The van der Waals surface area contributed by atoms with Gasteiger partial charge in [-0.2, -0.15) is 0 Å². The maximum Gasteiger partial charge on any atom is 0.283 e. The number of amides is 1. The van der Waals surface area contributed by atoms with Crippen molar-refractivity contribution in [1.82, 2.24) is 9.66 Å². The van der Waals surface area contributed by atoms with E-state index in [1.165, 1.54) is 17.7 Å². The van der Waals surface area contributed by atoms with Crippen molar-refractivity contribution < 1.29 is 14.3 Å². The van der Waals surface area contributed by atoms with Crippen molar-refractivity contribution in [3.05, 3.63) is 63.8 Å². The number of hydrogen-bond acceptors (Lipinski definition) is 7. The van der Waals surface area contributed by atoms with Crippen molar-refractivity contribution in [2.75, 3.05) is 12.0 Å². The van der Waals surface area contributed by atoms with Crippen LogP contribution in [0.1, 0.15) is 0 Å². The van der Waals surface area contributed by atoms with E-state index in [1.807, 2.05) is 29.0 Å². The number of hydrogen-bond donors (Lipinski definition) is 1. The number of carbonyl (C=O) groups is 1. The Morgan fingerprint density at radius 3 is 2.86 bits per heavy atom. The highest BCUT2D eigenvalue weighted by Gasteiger charge is 2.28. The molecule has 7 nitrogen and oxygen atoms in total. The van der Waals surface area contributed by atoms with Crippen molar-refractivity contribution in [3.8, 4) is 21.9 Å². The summed E-state index contributed by atoms with van der Waals surface area (Å²) < 4.78 is 12.4. The molecule has 3 aromatic heterocycles. The molecule has 0 spiro atoms. The molecule has 4 heterocycles. The van der Waals surface area contributed by atoms with Crippen molar-refractivity contribution in [1.29, 1.82) is 0 Å². The van der Waals surface area contributed by atoms with Crippen LogP contribution in [0.2, 0.25) is 0 Å². The lowest BCUT2D eigenvalue weighted by Gasteiger charge is -2.25. The molecule has 1 aromatic carbocycles. The van der Waals surface area contributed by atoms with E-state index in [-0.39, 0.29) is 12.2 Å². The summed E-state index contributed by atoms with van der Waals surface area (Å²) in [5.74, 6) is 0.601. The zero-order chi connectivity index (χ0) is 19.1. The Morgan fingerprint density at radius 1 is 1.18 bits per heavy atom. The molecule has 1 aliphatic rings. The van der Waals surface area contributed by atoms with Gasteiger partial charge >= 0.3 is 0 Å². The van der Waals surface area contributed by atoms with Crippen LogP contribution < -0.4 is 20.5 Å². The molecule has 0 fully saturated rings. The van der Waals surface area contributed by atoms with E-state index in [9.17, 15) is 9.59 Å². The van der Waals surface area contributed by atoms with Gasteiger partial charge in [0.1, 0.15) is 17.8 Å². The minimum Gasteiger partial charge on any atom is -0.485 e. The van der Waals surface area contributed by atoms with Gasteiger partial charge in [-0.05, 0) is 23.6 Å². The topological polar surface area (TPSA) is 82.5 Å². The lowest BCUT2D eigenvalue weighted by atomic mass is 10.2. The molecular weight excluding hydrogens is 398 g/mol. The van der Waals surface area contributed by atoms with Crippen LogP contribution in [0.4, 0.5) is 0 Å². The molecule has 4 aromatic rings. The summed E-state index contributed by atoms with van der Waals surface area (Å²) in [5, 5.41) is 4.35. The average Bonchev–Trinajstić information content (AvgIpc) is 3.39. The molecular formula is C19H13N3O4S2. The Kier molecular flexibility index (Phi) is 4.10. The molecule has 0 bridgehead atoms. The number of rotatable bonds is 3. The predicted octanol–water partition coefficient (Wildman–Crippen LogP) is 3.10. The molecule has 0 radical (unpaired) electrons. The second kappa shape index (κ2) is 6.77. The summed E-state index contributed by atoms with van der Waals surface area (Å²) in [6.45, 7) is 0.0617. The average molecular weight is 411 g/mol. The summed E-state index contributed by atoms with van der Waals surface area (Å²) in [4.78, 5) is 31.5.